The van der Waals surface area contributed by atoms with Crippen LogP contribution in [0.15, 0.2) is 47.4 Å². The third-order valence-corrected chi connectivity index (χ3v) is 7.92. The molecule has 2 aromatic carbocycles. The van der Waals surface area contributed by atoms with Gasteiger partial charge in [0, 0.05) is 12.2 Å². The largest absolute Gasteiger partial charge is 0.504 e. The number of phenols is 2. The Balaban J connectivity index is 1.92. The first-order valence-electron chi connectivity index (χ1n) is 14.9. The van der Waals surface area contributed by atoms with Gasteiger partial charge in [0.05, 0.1) is 24.0 Å². The summed E-state index contributed by atoms with van der Waals surface area (Å²) in [6.45, 7) is 2.53. The van der Waals surface area contributed by atoms with Gasteiger partial charge < -0.3 is 53.2 Å². The van der Waals surface area contributed by atoms with Crippen molar-refractivity contribution in [2.75, 3.05) is 18.8 Å². The molecule has 48 heavy (non-hydrogen) atoms. The molecule has 4 amide bonds. The molecule has 2 rings (SSSR count). The van der Waals surface area contributed by atoms with Crippen LogP contribution in [0.1, 0.15) is 31.4 Å². The summed E-state index contributed by atoms with van der Waals surface area (Å²) < 4.78 is 0. The number of carboxylic acids is 2. The normalized spacial score (nSPS) is 13.4. The van der Waals surface area contributed by atoms with Gasteiger partial charge >= 0.3 is 11.9 Å². The van der Waals surface area contributed by atoms with Gasteiger partial charge in [-0.3, -0.25) is 24.0 Å². The van der Waals surface area contributed by atoms with E-state index < -0.39 is 84.3 Å². The van der Waals surface area contributed by atoms with Crippen LogP contribution in [0.25, 0.3) is 0 Å². The first kappa shape index (κ1) is 39.3. The Morgan fingerprint density at radius 3 is 2.00 bits per heavy atom. The van der Waals surface area contributed by atoms with Crippen molar-refractivity contribution in [2.45, 2.75) is 62.2 Å². The Bertz CT molecular complexity index is 1460. The average Bonchev–Trinajstić information content (AvgIpc) is 3.02. The minimum absolute atomic E-state index is 0.0197. The first-order chi connectivity index (χ1) is 22.6. The number of aliphatic carboxylic acids is 2. The van der Waals surface area contributed by atoms with Crippen LogP contribution in [0.3, 0.4) is 0 Å². The number of carbonyl (C=O) groups is 6. The highest BCUT2D eigenvalue weighted by molar-refractivity contribution is 7.99. The predicted molar refractivity (Wildman–Crippen MR) is 175 cm³/mol. The van der Waals surface area contributed by atoms with Crippen LogP contribution in [-0.2, 0) is 41.6 Å². The summed E-state index contributed by atoms with van der Waals surface area (Å²) in [6.07, 6.45) is 0.121. The maximum Gasteiger partial charge on any atom is 0.326 e. The number of phenolic OH excluding ortho intramolecular Hbond substituents is 2. The molecule has 16 nitrogen and oxygen atoms in total. The standard InChI is InChI=1S/C31H42N6O10S/c1-16(2)8-22(31(46)47)37-29(43)21(10-17-6-4-3-5-7-17)36-26(40)14-34-25(39)13-35-28(42)19(32)9-18-11-23(38)27(41)24(12-18)48-15-20(33)30(44)45/h3-7,11-12,16,19-22,38,41H,8-10,13-15,32-33H2,1-2H3,(H,34,39)(H,35,42)(H,36,40)(H,37,43)(H,44,45)(H,46,47)/t19?,20?,21-,22-/m0/s1. The molecule has 0 bridgehead atoms. The molecule has 4 atom stereocenters. The van der Waals surface area contributed by atoms with Gasteiger partial charge in [-0.05, 0) is 42.0 Å². The summed E-state index contributed by atoms with van der Waals surface area (Å²) in [6, 6.07) is 6.65. The number of carboxylic acid groups (broad SMARTS) is 2. The van der Waals surface area contributed by atoms with Crippen LogP contribution in [-0.4, -0.2) is 99.0 Å². The van der Waals surface area contributed by atoms with Gasteiger partial charge in [-0.2, -0.15) is 0 Å². The van der Waals surface area contributed by atoms with Crippen molar-refractivity contribution in [1.29, 1.82) is 0 Å². The Morgan fingerprint density at radius 1 is 0.750 bits per heavy atom. The van der Waals surface area contributed by atoms with E-state index in [4.69, 9.17) is 16.6 Å². The van der Waals surface area contributed by atoms with E-state index in [0.717, 1.165) is 11.8 Å². The molecule has 2 unspecified atom stereocenters. The second kappa shape index (κ2) is 19.1. The van der Waals surface area contributed by atoms with Gasteiger partial charge in [0.1, 0.15) is 18.1 Å². The number of rotatable bonds is 19. The highest BCUT2D eigenvalue weighted by Crippen LogP contribution is 2.37. The van der Waals surface area contributed by atoms with Crippen molar-refractivity contribution in [3.8, 4) is 11.5 Å². The van der Waals surface area contributed by atoms with E-state index in [9.17, 15) is 44.1 Å². The smallest absolute Gasteiger partial charge is 0.326 e. The molecule has 0 aliphatic carbocycles. The van der Waals surface area contributed by atoms with Gasteiger partial charge in [-0.25, -0.2) is 4.79 Å². The lowest BCUT2D eigenvalue weighted by Crippen LogP contribution is -2.54. The zero-order valence-electron chi connectivity index (χ0n) is 26.5. The second-order valence-electron chi connectivity index (χ2n) is 11.4. The van der Waals surface area contributed by atoms with Crippen LogP contribution < -0.4 is 32.7 Å². The Labute approximate surface area is 281 Å². The van der Waals surface area contributed by atoms with Crippen molar-refractivity contribution < 1.29 is 49.2 Å². The van der Waals surface area contributed by atoms with Gasteiger partial charge in [-0.1, -0.05) is 44.2 Å². The van der Waals surface area contributed by atoms with Crippen LogP contribution >= 0.6 is 11.8 Å². The SMILES string of the molecule is CC(C)C[C@H](NC(=O)[C@H](Cc1ccccc1)NC(=O)CNC(=O)CNC(=O)C(N)Cc1cc(O)c(O)c(SCC(N)C(=O)O)c1)C(=O)O. The molecule has 0 aliphatic heterocycles. The fourth-order valence-corrected chi connectivity index (χ4v) is 5.26. The maximum atomic E-state index is 13.0. The van der Waals surface area contributed by atoms with Gasteiger partial charge in [0.15, 0.2) is 11.5 Å². The Kier molecular flexibility index (Phi) is 15.6. The Morgan fingerprint density at radius 2 is 1.40 bits per heavy atom. The molecule has 12 N–H and O–H groups in total. The lowest BCUT2D eigenvalue weighted by molar-refractivity contribution is -0.142. The highest BCUT2D eigenvalue weighted by Gasteiger charge is 2.27. The summed E-state index contributed by atoms with van der Waals surface area (Å²) in [5.41, 5.74) is 12.5. The summed E-state index contributed by atoms with van der Waals surface area (Å²) >= 11 is 0.891. The van der Waals surface area contributed by atoms with Crippen molar-refractivity contribution in [2.24, 2.45) is 17.4 Å². The molecule has 262 valence electrons. The summed E-state index contributed by atoms with van der Waals surface area (Å²) in [5, 5.41) is 48.3. The fraction of sp³-hybridized carbons (Fsp3) is 0.419. The van der Waals surface area contributed by atoms with E-state index >= 15 is 0 Å². The van der Waals surface area contributed by atoms with Crippen LogP contribution in [0.4, 0.5) is 0 Å². The van der Waals surface area contributed by atoms with Gasteiger partial charge in [-0.15, -0.1) is 11.8 Å². The van der Waals surface area contributed by atoms with E-state index in [2.05, 4.69) is 21.3 Å². The summed E-state index contributed by atoms with van der Waals surface area (Å²) in [4.78, 5) is 73.4. The van der Waals surface area contributed by atoms with E-state index in [0.29, 0.717) is 11.1 Å². The third-order valence-electron chi connectivity index (χ3n) is 6.77. The van der Waals surface area contributed by atoms with Crippen molar-refractivity contribution in [3.63, 3.8) is 0 Å². The third kappa shape index (κ3) is 13.5. The van der Waals surface area contributed by atoms with Gasteiger partial charge in [0.2, 0.25) is 23.6 Å². The number of amides is 4. The molecule has 0 heterocycles. The average molecular weight is 691 g/mol. The molecule has 0 radical (unpaired) electrons. The summed E-state index contributed by atoms with van der Waals surface area (Å²) in [7, 11) is 0. The number of benzene rings is 2. The second-order valence-corrected chi connectivity index (χ2v) is 12.4. The lowest BCUT2D eigenvalue weighted by Gasteiger charge is -2.22. The van der Waals surface area contributed by atoms with Crippen molar-refractivity contribution in [3.05, 3.63) is 53.6 Å². The van der Waals surface area contributed by atoms with Crippen molar-refractivity contribution in [1.82, 2.24) is 21.3 Å². The van der Waals surface area contributed by atoms with E-state index in [1.165, 1.54) is 12.1 Å². The zero-order valence-corrected chi connectivity index (χ0v) is 27.3. The highest BCUT2D eigenvalue weighted by atomic mass is 32.2. The number of hydrogen-bond donors (Lipinski definition) is 10. The molecule has 0 saturated heterocycles. The zero-order chi connectivity index (χ0) is 36.0. The molecule has 17 heteroatoms. The first-order valence-corrected chi connectivity index (χ1v) is 15.9. The molecule has 2 aromatic rings. The quantitative estimate of drug-likeness (QED) is 0.0629. The Hall–Kier alpha value is -4.87. The van der Waals surface area contributed by atoms with Crippen LogP contribution in [0.5, 0.6) is 11.5 Å². The fourth-order valence-electron chi connectivity index (χ4n) is 4.28. The molecule has 0 fully saturated rings. The minimum atomic E-state index is -1.24. The van der Waals surface area contributed by atoms with E-state index in [1.54, 1.807) is 30.3 Å². The number of hydrogen-bond acceptors (Lipinski definition) is 11. The van der Waals surface area contributed by atoms with Crippen LogP contribution in [0.2, 0.25) is 0 Å². The molecule has 0 aromatic heterocycles. The number of aromatic hydroxyl groups is 2. The number of nitrogens with one attached hydrogen (secondary N) is 4. The number of nitrogens with two attached hydrogens (primary N) is 2. The summed E-state index contributed by atoms with van der Waals surface area (Å²) in [5.74, 6) is -6.48. The molecule has 0 aliphatic rings. The molecule has 0 spiro atoms. The lowest BCUT2D eigenvalue weighted by atomic mass is 10.0. The predicted octanol–water partition coefficient (Wildman–Crippen LogP) is -0.953. The van der Waals surface area contributed by atoms with Crippen molar-refractivity contribution >= 4 is 47.3 Å². The topological polar surface area (TPSA) is 284 Å². The van der Waals surface area contributed by atoms with E-state index in [1.807, 2.05) is 13.8 Å². The van der Waals surface area contributed by atoms with Crippen LogP contribution in [0, 0.1) is 5.92 Å². The molecular weight excluding hydrogens is 648 g/mol. The minimum Gasteiger partial charge on any atom is -0.504 e. The molecular formula is C31H42N6O10S. The number of thioether (sulfide) groups is 1. The number of carbonyl (C=O) groups excluding carboxylic acids is 4. The van der Waals surface area contributed by atoms with E-state index in [-0.39, 0.29) is 35.8 Å². The molecule has 0 saturated carbocycles. The maximum absolute atomic E-state index is 13.0. The monoisotopic (exact) mass is 690 g/mol. The van der Waals surface area contributed by atoms with Gasteiger partial charge in [0.25, 0.3) is 0 Å².